The average Bonchev–Trinajstić information content (AvgIpc) is 2.56. The van der Waals surface area contributed by atoms with Gasteiger partial charge in [0.05, 0.1) is 12.2 Å². The lowest BCUT2D eigenvalue weighted by Crippen LogP contribution is -2.30. The summed E-state index contributed by atoms with van der Waals surface area (Å²) < 4.78 is 10.5. The molecule has 120 valence electrons. The zero-order valence-corrected chi connectivity index (χ0v) is 13.1. The van der Waals surface area contributed by atoms with Crippen molar-refractivity contribution in [2.75, 3.05) is 11.9 Å². The topological polar surface area (TPSA) is 64.6 Å². The largest absolute Gasteiger partial charge is 0.481 e. The first-order valence-corrected chi connectivity index (χ1v) is 7.40. The molecule has 0 aliphatic heterocycles. The normalized spacial score (nSPS) is 11.4. The van der Waals surface area contributed by atoms with Crippen LogP contribution in [-0.4, -0.2) is 24.6 Å². The molecule has 0 bridgehead atoms. The number of anilines is 1. The van der Waals surface area contributed by atoms with Crippen LogP contribution in [0, 0.1) is 0 Å². The smallest absolute Gasteiger partial charge is 0.338 e. The lowest BCUT2D eigenvalue weighted by molar-refractivity contribution is -0.122. The number of benzene rings is 2. The number of esters is 1. The molecular weight excluding hydrogens is 294 g/mol. The minimum Gasteiger partial charge on any atom is -0.481 e. The van der Waals surface area contributed by atoms with E-state index in [0.717, 1.165) is 0 Å². The summed E-state index contributed by atoms with van der Waals surface area (Å²) >= 11 is 0. The first-order chi connectivity index (χ1) is 11.1. The summed E-state index contributed by atoms with van der Waals surface area (Å²) in [6.45, 7) is 3.75. The number of amides is 1. The van der Waals surface area contributed by atoms with Crippen molar-refractivity contribution in [3.63, 3.8) is 0 Å². The highest BCUT2D eigenvalue weighted by molar-refractivity contribution is 5.95. The van der Waals surface area contributed by atoms with Crippen molar-refractivity contribution in [2.45, 2.75) is 20.0 Å². The minimum atomic E-state index is -0.637. The number of rotatable bonds is 6. The van der Waals surface area contributed by atoms with Crippen LogP contribution in [0.15, 0.2) is 54.6 Å². The third-order valence-electron chi connectivity index (χ3n) is 3.09. The summed E-state index contributed by atoms with van der Waals surface area (Å²) in [7, 11) is 0. The van der Waals surface area contributed by atoms with E-state index < -0.39 is 6.10 Å². The number of nitrogens with one attached hydrogen (secondary N) is 1. The second-order valence-corrected chi connectivity index (χ2v) is 4.86. The average molecular weight is 313 g/mol. The summed E-state index contributed by atoms with van der Waals surface area (Å²) in [5.41, 5.74) is 1.03. The van der Waals surface area contributed by atoms with Crippen LogP contribution >= 0.6 is 0 Å². The van der Waals surface area contributed by atoms with E-state index in [4.69, 9.17) is 9.47 Å². The Labute approximate surface area is 135 Å². The Morgan fingerprint density at radius 1 is 1.04 bits per heavy atom. The Morgan fingerprint density at radius 3 is 2.30 bits per heavy atom. The summed E-state index contributed by atoms with van der Waals surface area (Å²) in [5.74, 6) is -0.0169. The maximum Gasteiger partial charge on any atom is 0.338 e. The Morgan fingerprint density at radius 2 is 1.70 bits per heavy atom. The van der Waals surface area contributed by atoms with Crippen LogP contribution in [0.4, 0.5) is 5.69 Å². The fourth-order valence-corrected chi connectivity index (χ4v) is 1.90. The fraction of sp³-hybridized carbons (Fsp3) is 0.222. The molecule has 0 heterocycles. The van der Waals surface area contributed by atoms with E-state index in [1.165, 1.54) is 0 Å². The van der Waals surface area contributed by atoms with Crippen molar-refractivity contribution in [3.8, 4) is 5.75 Å². The van der Waals surface area contributed by atoms with Gasteiger partial charge in [-0.2, -0.15) is 0 Å². The van der Waals surface area contributed by atoms with E-state index in [1.54, 1.807) is 50.2 Å². The number of ether oxygens (including phenoxy) is 2. The van der Waals surface area contributed by atoms with Crippen molar-refractivity contribution in [1.29, 1.82) is 0 Å². The predicted octanol–water partition coefficient (Wildman–Crippen LogP) is 3.27. The van der Waals surface area contributed by atoms with Gasteiger partial charge in [0.15, 0.2) is 6.10 Å². The lowest BCUT2D eigenvalue weighted by Gasteiger charge is -2.14. The first-order valence-electron chi connectivity index (χ1n) is 7.40. The molecule has 0 aromatic heterocycles. The molecule has 1 N–H and O–H groups in total. The molecule has 1 atom stereocenters. The summed E-state index contributed by atoms with van der Waals surface area (Å²) in [5, 5.41) is 2.74. The highest BCUT2D eigenvalue weighted by Gasteiger charge is 2.15. The molecule has 0 unspecified atom stereocenters. The minimum absolute atomic E-state index is 0.266. The van der Waals surface area contributed by atoms with Gasteiger partial charge in [-0.1, -0.05) is 18.2 Å². The summed E-state index contributed by atoms with van der Waals surface area (Å²) in [6, 6.07) is 15.7. The first kappa shape index (κ1) is 16.5. The second kappa shape index (κ2) is 7.98. The van der Waals surface area contributed by atoms with E-state index in [-0.39, 0.29) is 11.9 Å². The molecule has 0 aliphatic carbocycles. The molecule has 0 aliphatic rings. The Balaban J connectivity index is 1.93. The van der Waals surface area contributed by atoms with Crippen molar-refractivity contribution in [3.05, 3.63) is 60.2 Å². The Kier molecular flexibility index (Phi) is 5.74. The van der Waals surface area contributed by atoms with E-state index >= 15 is 0 Å². The molecule has 2 rings (SSSR count). The van der Waals surface area contributed by atoms with E-state index in [2.05, 4.69) is 5.32 Å². The van der Waals surface area contributed by atoms with Gasteiger partial charge in [0, 0.05) is 5.69 Å². The van der Waals surface area contributed by atoms with Crippen LogP contribution in [0.2, 0.25) is 0 Å². The van der Waals surface area contributed by atoms with Gasteiger partial charge in [0.2, 0.25) is 0 Å². The number of carbonyl (C=O) groups is 2. The zero-order valence-electron chi connectivity index (χ0n) is 13.1. The van der Waals surface area contributed by atoms with Crippen molar-refractivity contribution >= 4 is 17.6 Å². The van der Waals surface area contributed by atoms with Gasteiger partial charge in [0.1, 0.15) is 5.75 Å². The van der Waals surface area contributed by atoms with Crippen LogP contribution in [0.3, 0.4) is 0 Å². The Hall–Kier alpha value is -2.82. The molecule has 5 nitrogen and oxygen atoms in total. The molecule has 2 aromatic carbocycles. The maximum atomic E-state index is 12.1. The monoisotopic (exact) mass is 313 g/mol. The van der Waals surface area contributed by atoms with Gasteiger partial charge in [-0.05, 0) is 50.2 Å². The van der Waals surface area contributed by atoms with Crippen LogP contribution in [0.1, 0.15) is 24.2 Å². The third kappa shape index (κ3) is 4.85. The quantitative estimate of drug-likeness (QED) is 0.831. The SMILES string of the molecule is CCOC(=O)c1ccc(NC(=O)[C@H](C)Oc2ccccc2)cc1. The molecule has 0 saturated heterocycles. The van der Waals surface area contributed by atoms with E-state index in [1.807, 2.05) is 18.2 Å². The molecule has 0 saturated carbocycles. The molecule has 23 heavy (non-hydrogen) atoms. The standard InChI is InChI=1S/C18H19NO4/c1-3-22-18(21)14-9-11-15(12-10-14)19-17(20)13(2)23-16-7-5-4-6-8-16/h4-13H,3H2,1-2H3,(H,19,20)/t13-/m0/s1. The van der Waals surface area contributed by atoms with Crippen LogP contribution in [0.25, 0.3) is 0 Å². The molecule has 0 fully saturated rings. The van der Waals surface area contributed by atoms with Gasteiger partial charge in [0.25, 0.3) is 5.91 Å². The second-order valence-electron chi connectivity index (χ2n) is 4.86. The number of carbonyl (C=O) groups excluding carboxylic acids is 2. The van der Waals surface area contributed by atoms with Gasteiger partial charge >= 0.3 is 5.97 Å². The lowest BCUT2D eigenvalue weighted by atomic mass is 10.2. The number of para-hydroxylation sites is 1. The van der Waals surface area contributed by atoms with Gasteiger partial charge < -0.3 is 14.8 Å². The zero-order chi connectivity index (χ0) is 16.7. The molecule has 2 aromatic rings. The molecule has 0 radical (unpaired) electrons. The highest BCUT2D eigenvalue weighted by Crippen LogP contribution is 2.14. The summed E-state index contributed by atoms with van der Waals surface area (Å²) in [4.78, 5) is 23.7. The highest BCUT2D eigenvalue weighted by atomic mass is 16.5. The van der Waals surface area contributed by atoms with E-state index in [9.17, 15) is 9.59 Å². The van der Waals surface area contributed by atoms with Gasteiger partial charge in [-0.15, -0.1) is 0 Å². The third-order valence-corrected chi connectivity index (χ3v) is 3.09. The molecule has 5 heteroatoms. The molecule has 1 amide bonds. The fourth-order valence-electron chi connectivity index (χ4n) is 1.90. The van der Waals surface area contributed by atoms with Crippen LogP contribution < -0.4 is 10.1 Å². The number of hydrogen-bond acceptors (Lipinski definition) is 4. The molecular formula is C18H19NO4. The predicted molar refractivity (Wildman–Crippen MR) is 87.6 cm³/mol. The number of hydrogen-bond donors (Lipinski definition) is 1. The Bertz CT molecular complexity index is 652. The van der Waals surface area contributed by atoms with Crippen LogP contribution in [0.5, 0.6) is 5.75 Å². The van der Waals surface area contributed by atoms with Crippen molar-refractivity contribution in [1.82, 2.24) is 0 Å². The molecule has 0 spiro atoms. The maximum absolute atomic E-state index is 12.1. The van der Waals surface area contributed by atoms with Crippen LogP contribution in [-0.2, 0) is 9.53 Å². The van der Waals surface area contributed by atoms with E-state index in [0.29, 0.717) is 23.6 Å². The van der Waals surface area contributed by atoms with Gasteiger partial charge in [-0.25, -0.2) is 4.79 Å². The van der Waals surface area contributed by atoms with Crippen molar-refractivity contribution < 1.29 is 19.1 Å². The summed E-state index contributed by atoms with van der Waals surface area (Å²) in [6.07, 6.45) is -0.637. The van der Waals surface area contributed by atoms with Gasteiger partial charge in [-0.3, -0.25) is 4.79 Å². The van der Waals surface area contributed by atoms with Crippen molar-refractivity contribution in [2.24, 2.45) is 0 Å².